The first-order chi connectivity index (χ1) is 9.49. The molecule has 2 heterocycles. The van der Waals surface area contributed by atoms with Crippen molar-refractivity contribution in [2.24, 2.45) is 5.92 Å². The van der Waals surface area contributed by atoms with E-state index in [4.69, 9.17) is 10.3 Å². The lowest BCUT2D eigenvalue weighted by Crippen LogP contribution is -2.35. The molecule has 0 atom stereocenters. The standard InChI is InChI=1S/C12H17N5O3/c1-7(2)6-17-10(13)9(11(18)16-12(17)19)14-5-8-3-4-15-20-8/h3-4,7,14H,5-6,13H2,1-2H3,(H,16,18,19). The van der Waals surface area contributed by atoms with Crippen LogP contribution in [0.2, 0.25) is 0 Å². The average molecular weight is 279 g/mol. The number of H-pyrrole nitrogens is 1. The quantitative estimate of drug-likeness (QED) is 0.727. The van der Waals surface area contributed by atoms with E-state index in [-0.39, 0.29) is 24.0 Å². The molecule has 2 aromatic rings. The Balaban J connectivity index is 2.32. The van der Waals surface area contributed by atoms with Gasteiger partial charge in [-0.25, -0.2) is 4.79 Å². The second-order valence-corrected chi connectivity index (χ2v) is 4.86. The van der Waals surface area contributed by atoms with Crippen molar-refractivity contribution in [1.82, 2.24) is 14.7 Å². The van der Waals surface area contributed by atoms with Crippen LogP contribution in [0.4, 0.5) is 11.5 Å². The summed E-state index contributed by atoms with van der Waals surface area (Å²) in [4.78, 5) is 25.8. The normalized spacial score (nSPS) is 10.9. The van der Waals surface area contributed by atoms with Crippen LogP contribution in [0.1, 0.15) is 19.6 Å². The van der Waals surface area contributed by atoms with Crippen molar-refractivity contribution in [1.29, 1.82) is 0 Å². The summed E-state index contributed by atoms with van der Waals surface area (Å²) in [7, 11) is 0. The van der Waals surface area contributed by atoms with E-state index in [2.05, 4.69) is 15.5 Å². The smallest absolute Gasteiger partial charge is 0.330 e. The number of rotatable bonds is 5. The van der Waals surface area contributed by atoms with Gasteiger partial charge in [0.25, 0.3) is 5.56 Å². The Labute approximate surface area is 114 Å². The lowest BCUT2D eigenvalue weighted by atomic mass is 10.2. The third-order valence-electron chi connectivity index (χ3n) is 2.72. The van der Waals surface area contributed by atoms with Crippen molar-refractivity contribution in [3.8, 4) is 0 Å². The summed E-state index contributed by atoms with van der Waals surface area (Å²) in [6.07, 6.45) is 1.50. The summed E-state index contributed by atoms with van der Waals surface area (Å²) in [5, 5.41) is 6.43. The maximum Gasteiger partial charge on any atom is 0.330 e. The molecular weight excluding hydrogens is 262 g/mol. The van der Waals surface area contributed by atoms with Crippen LogP contribution in [0, 0.1) is 5.92 Å². The van der Waals surface area contributed by atoms with Crippen LogP contribution in [0.5, 0.6) is 0 Å². The molecule has 8 nitrogen and oxygen atoms in total. The van der Waals surface area contributed by atoms with Crippen molar-refractivity contribution in [2.75, 3.05) is 11.1 Å². The molecule has 0 aliphatic rings. The Hall–Kier alpha value is -2.51. The second kappa shape index (κ2) is 5.64. The summed E-state index contributed by atoms with van der Waals surface area (Å²) < 4.78 is 6.26. The van der Waals surface area contributed by atoms with Gasteiger partial charge < -0.3 is 15.6 Å². The minimum Gasteiger partial charge on any atom is -0.383 e. The molecule has 0 saturated heterocycles. The van der Waals surface area contributed by atoms with E-state index in [0.29, 0.717) is 12.3 Å². The molecule has 0 aliphatic carbocycles. The van der Waals surface area contributed by atoms with Gasteiger partial charge in [-0.15, -0.1) is 0 Å². The van der Waals surface area contributed by atoms with Crippen LogP contribution in [0.25, 0.3) is 0 Å². The third kappa shape index (κ3) is 2.90. The highest BCUT2D eigenvalue weighted by Crippen LogP contribution is 2.13. The monoisotopic (exact) mass is 279 g/mol. The van der Waals surface area contributed by atoms with Crippen molar-refractivity contribution in [2.45, 2.75) is 26.9 Å². The van der Waals surface area contributed by atoms with E-state index in [1.54, 1.807) is 6.07 Å². The molecule has 0 bridgehead atoms. The van der Waals surface area contributed by atoms with Crippen LogP contribution in [0.3, 0.4) is 0 Å². The lowest BCUT2D eigenvalue weighted by molar-refractivity contribution is 0.388. The van der Waals surface area contributed by atoms with Crippen LogP contribution in [-0.2, 0) is 13.1 Å². The number of nitrogens with zero attached hydrogens (tertiary/aromatic N) is 2. The predicted octanol–water partition coefficient (Wildman–Crippen LogP) is 0.375. The molecule has 20 heavy (non-hydrogen) atoms. The topological polar surface area (TPSA) is 119 Å². The van der Waals surface area contributed by atoms with Gasteiger partial charge in [-0.1, -0.05) is 19.0 Å². The minimum atomic E-state index is -0.549. The Morgan fingerprint density at radius 2 is 2.25 bits per heavy atom. The highest BCUT2D eigenvalue weighted by atomic mass is 16.5. The van der Waals surface area contributed by atoms with Crippen molar-refractivity contribution in [3.63, 3.8) is 0 Å². The molecule has 8 heteroatoms. The van der Waals surface area contributed by atoms with Gasteiger partial charge in [0.15, 0.2) is 5.76 Å². The van der Waals surface area contributed by atoms with Gasteiger partial charge in [0.05, 0.1) is 12.7 Å². The molecule has 0 spiro atoms. The molecule has 0 aliphatic heterocycles. The van der Waals surface area contributed by atoms with E-state index in [1.807, 2.05) is 13.8 Å². The number of aromatic nitrogens is 3. The fourth-order valence-corrected chi connectivity index (χ4v) is 1.81. The number of aromatic amines is 1. The molecule has 0 radical (unpaired) electrons. The van der Waals surface area contributed by atoms with Gasteiger partial charge >= 0.3 is 5.69 Å². The predicted molar refractivity (Wildman–Crippen MR) is 74.4 cm³/mol. The fraction of sp³-hybridized carbons (Fsp3) is 0.417. The van der Waals surface area contributed by atoms with Crippen molar-refractivity contribution >= 4 is 11.5 Å². The molecule has 2 aromatic heterocycles. The molecule has 0 saturated carbocycles. The van der Waals surface area contributed by atoms with Gasteiger partial charge in [-0.05, 0) is 5.92 Å². The maximum absolute atomic E-state index is 11.8. The highest BCUT2D eigenvalue weighted by Gasteiger charge is 2.13. The molecule has 0 fully saturated rings. The number of hydrogen-bond acceptors (Lipinski definition) is 6. The summed E-state index contributed by atoms with van der Waals surface area (Å²) >= 11 is 0. The number of nitrogen functional groups attached to an aromatic ring is 1. The largest absolute Gasteiger partial charge is 0.383 e. The fourth-order valence-electron chi connectivity index (χ4n) is 1.81. The average Bonchev–Trinajstić information content (AvgIpc) is 2.87. The molecule has 4 N–H and O–H groups in total. The molecule has 0 unspecified atom stereocenters. The van der Waals surface area contributed by atoms with Crippen molar-refractivity contribution in [3.05, 3.63) is 38.9 Å². The highest BCUT2D eigenvalue weighted by molar-refractivity contribution is 5.60. The van der Waals surface area contributed by atoms with Crippen LogP contribution >= 0.6 is 0 Å². The number of nitrogens with one attached hydrogen (secondary N) is 2. The lowest BCUT2D eigenvalue weighted by Gasteiger charge is -2.14. The SMILES string of the molecule is CC(C)Cn1c(N)c(NCc2ccno2)c(=O)[nH]c1=O. The van der Waals surface area contributed by atoms with Gasteiger partial charge in [0, 0.05) is 12.6 Å². The zero-order valence-corrected chi connectivity index (χ0v) is 11.3. The number of anilines is 2. The summed E-state index contributed by atoms with van der Waals surface area (Å²) in [6, 6.07) is 1.67. The number of nitrogens with two attached hydrogens (primary N) is 1. The Morgan fingerprint density at radius 3 is 2.85 bits per heavy atom. The molecule has 108 valence electrons. The summed E-state index contributed by atoms with van der Waals surface area (Å²) in [6.45, 7) is 4.60. The van der Waals surface area contributed by atoms with Gasteiger partial charge in [-0.2, -0.15) is 0 Å². The zero-order chi connectivity index (χ0) is 14.7. The summed E-state index contributed by atoms with van der Waals surface area (Å²) in [5.41, 5.74) is 5.00. The van der Waals surface area contributed by atoms with E-state index < -0.39 is 11.2 Å². The molecule has 0 aromatic carbocycles. The van der Waals surface area contributed by atoms with Crippen LogP contribution in [-0.4, -0.2) is 14.7 Å². The number of hydrogen-bond donors (Lipinski definition) is 3. The van der Waals surface area contributed by atoms with Crippen molar-refractivity contribution < 1.29 is 4.52 Å². The molecule has 2 rings (SSSR count). The second-order valence-electron chi connectivity index (χ2n) is 4.86. The van der Waals surface area contributed by atoms with Crippen LogP contribution in [0.15, 0.2) is 26.4 Å². The van der Waals surface area contributed by atoms with E-state index >= 15 is 0 Å². The minimum absolute atomic E-state index is 0.118. The van der Waals surface area contributed by atoms with Gasteiger partial charge in [-0.3, -0.25) is 14.3 Å². The Kier molecular flexibility index (Phi) is 3.92. The summed E-state index contributed by atoms with van der Waals surface area (Å²) in [5.74, 6) is 0.903. The Morgan fingerprint density at radius 1 is 1.50 bits per heavy atom. The van der Waals surface area contributed by atoms with E-state index in [1.165, 1.54) is 10.8 Å². The molecule has 0 amide bonds. The maximum atomic E-state index is 11.8. The first kappa shape index (κ1) is 13.9. The first-order valence-electron chi connectivity index (χ1n) is 6.25. The van der Waals surface area contributed by atoms with Gasteiger partial charge in [0.1, 0.15) is 11.5 Å². The van der Waals surface area contributed by atoms with Crippen LogP contribution < -0.4 is 22.3 Å². The van der Waals surface area contributed by atoms with E-state index in [9.17, 15) is 9.59 Å². The Bertz CT molecular complexity index is 684. The van der Waals surface area contributed by atoms with Gasteiger partial charge in [0.2, 0.25) is 0 Å². The van der Waals surface area contributed by atoms with E-state index in [0.717, 1.165) is 0 Å². The molecular formula is C12H17N5O3. The zero-order valence-electron chi connectivity index (χ0n) is 11.3. The first-order valence-corrected chi connectivity index (χ1v) is 6.25. The third-order valence-corrected chi connectivity index (χ3v) is 2.72.